The molecule has 1 aliphatic rings. The van der Waals surface area contributed by atoms with Crippen molar-refractivity contribution >= 4 is 23.1 Å². The molecule has 0 spiro atoms. The van der Waals surface area contributed by atoms with Crippen molar-refractivity contribution < 1.29 is 9.84 Å². The number of hydrogen-bond donors (Lipinski definition) is 1. The summed E-state index contributed by atoms with van der Waals surface area (Å²) in [6, 6.07) is 3.82. The van der Waals surface area contributed by atoms with Gasteiger partial charge in [0.25, 0.3) is 0 Å². The van der Waals surface area contributed by atoms with Crippen LogP contribution in [-0.2, 0) is 19.3 Å². The average Bonchev–Trinajstić information content (AvgIpc) is 3.07. The molecule has 4 nitrogen and oxygen atoms in total. The van der Waals surface area contributed by atoms with E-state index < -0.39 is 6.10 Å². The molecule has 0 fully saturated rings. The Kier molecular flexibility index (Phi) is 4.42. The standard InChI is InChI=1S/C15H17ClN2O2S/c1-2-3-12-15(21-18-17-12)13(19)8-10-7-11(16)6-9-4-5-20-14(9)10/h6-7,13,19H,2-5,8H2,1H3. The van der Waals surface area contributed by atoms with Crippen LogP contribution in [0.25, 0.3) is 0 Å². The monoisotopic (exact) mass is 324 g/mol. The van der Waals surface area contributed by atoms with E-state index >= 15 is 0 Å². The molecular weight excluding hydrogens is 308 g/mol. The Bertz CT molecular complexity index is 645. The van der Waals surface area contributed by atoms with Gasteiger partial charge in [-0.15, -0.1) is 5.10 Å². The first kappa shape index (κ1) is 14.8. The first-order chi connectivity index (χ1) is 10.2. The highest BCUT2D eigenvalue weighted by atomic mass is 35.5. The first-order valence-corrected chi connectivity index (χ1v) is 8.27. The van der Waals surface area contributed by atoms with Crippen LogP contribution < -0.4 is 4.74 Å². The summed E-state index contributed by atoms with van der Waals surface area (Å²) >= 11 is 7.43. The molecule has 6 heteroatoms. The third-order valence-corrected chi connectivity index (χ3v) is 4.70. The van der Waals surface area contributed by atoms with Gasteiger partial charge in [-0.1, -0.05) is 29.4 Å². The van der Waals surface area contributed by atoms with E-state index in [2.05, 4.69) is 16.5 Å². The zero-order chi connectivity index (χ0) is 14.8. The minimum absolute atomic E-state index is 0.476. The van der Waals surface area contributed by atoms with Crippen molar-refractivity contribution in [3.05, 3.63) is 38.9 Å². The van der Waals surface area contributed by atoms with Crippen LogP contribution in [0.1, 0.15) is 41.1 Å². The number of aryl methyl sites for hydroxylation is 1. The molecular formula is C15H17ClN2O2S. The molecule has 1 atom stereocenters. The zero-order valence-electron chi connectivity index (χ0n) is 11.8. The number of ether oxygens (including phenoxy) is 1. The second-order valence-corrected chi connectivity index (χ2v) is 6.43. The molecule has 1 unspecified atom stereocenters. The Hall–Kier alpha value is -1.17. The lowest BCUT2D eigenvalue weighted by Gasteiger charge is -2.13. The quantitative estimate of drug-likeness (QED) is 0.916. The first-order valence-electron chi connectivity index (χ1n) is 7.12. The van der Waals surface area contributed by atoms with Crippen LogP contribution in [0.5, 0.6) is 5.75 Å². The molecule has 0 aliphatic carbocycles. The summed E-state index contributed by atoms with van der Waals surface area (Å²) in [5, 5.41) is 15.3. The summed E-state index contributed by atoms with van der Waals surface area (Å²) < 4.78 is 9.65. The minimum Gasteiger partial charge on any atom is -0.493 e. The Morgan fingerprint density at radius 1 is 1.48 bits per heavy atom. The maximum atomic E-state index is 10.5. The highest BCUT2D eigenvalue weighted by Gasteiger charge is 2.22. The molecule has 2 heterocycles. The van der Waals surface area contributed by atoms with Crippen LogP contribution in [0, 0.1) is 0 Å². The van der Waals surface area contributed by atoms with Crippen molar-refractivity contribution in [2.45, 2.75) is 38.7 Å². The van der Waals surface area contributed by atoms with E-state index in [1.807, 2.05) is 12.1 Å². The van der Waals surface area contributed by atoms with Crippen LogP contribution in [0.3, 0.4) is 0 Å². The molecule has 3 rings (SSSR count). The summed E-state index contributed by atoms with van der Waals surface area (Å²) in [4.78, 5) is 0.851. The Morgan fingerprint density at radius 2 is 2.33 bits per heavy atom. The predicted molar refractivity (Wildman–Crippen MR) is 83.2 cm³/mol. The van der Waals surface area contributed by atoms with Gasteiger partial charge in [0.05, 0.1) is 23.3 Å². The van der Waals surface area contributed by atoms with Gasteiger partial charge in [-0.05, 0) is 41.2 Å². The summed E-state index contributed by atoms with van der Waals surface area (Å²) in [6.07, 6.45) is 2.57. The van der Waals surface area contributed by atoms with Crippen molar-refractivity contribution in [2.75, 3.05) is 6.61 Å². The van der Waals surface area contributed by atoms with E-state index in [-0.39, 0.29) is 0 Å². The van der Waals surface area contributed by atoms with Crippen molar-refractivity contribution in [1.82, 2.24) is 9.59 Å². The van der Waals surface area contributed by atoms with E-state index in [9.17, 15) is 5.11 Å². The number of aliphatic hydroxyl groups excluding tert-OH is 1. The normalized spacial score (nSPS) is 14.8. The average molecular weight is 325 g/mol. The van der Waals surface area contributed by atoms with Gasteiger partial charge in [0.1, 0.15) is 5.75 Å². The van der Waals surface area contributed by atoms with Gasteiger partial charge in [-0.25, -0.2) is 0 Å². The van der Waals surface area contributed by atoms with Gasteiger partial charge in [0, 0.05) is 17.9 Å². The number of nitrogens with zero attached hydrogens (tertiary/aromatic N) is 2. The molecule has 21 heavy (non-hydrogen) atoms. The van der Waals surface area contributed by atoms with Crippen molar-refractivity contribution in [3.63, 3.8) is 0 Å². The number of halogens is 1. The minimum atomic E-state index is -0.613. The lowest BCUT2D eigenvalue weighted by molar-refractivity contribution is 0.179. The molecule has 112 valence electrons. The molecule has 0 saturated carbocycles. The third-order valence-electron chi connectivity index (χ3n) is 3.61. The molecule has 1 aliphatic heterocycles. The fraction of sp³-hybridized carbons (Fsp3) is 0.467. The van der Waals surface area contributed by atoms with Crippen LogP contribution in [0.4, 0.5) is 0 Å². The fourth-order valence-corrected chi connectivity index (χ4v) is 3.62. The van der Waals surface area contributed by atoms with Crippen molar-refractivity contribution in [3.8, 4) is 5.75 Å². The molecule has 1 aromatic heterocycles. The number of aromatic nitrogens is 2. The fourth-order valence-electron chi connectivity index (χ4n) is 2.68. The Labute approximate surface area is 132 Å². The Morgan fingerprint density at radius 3 is 3.14 bits per heavy atom. The zero-order valence-corrected chi connectivity index (χ0v) is 13.4. The van der Waals surface area contributed by atoms with Crippen LogP contribution in [0.2, 0.25) is 5.02 Å². The molecule has 0 radical (unpaired) electrons. The predicted octanol–water partition coefficient (Wildman–Crippen LogP) is 3.36. The van der Waals surface area contributed by atoms with E-state index in [0.29, 0.717) is 18.1 Å². The molecule has 0 saturated heterocycles. The summed E-state index contributed by atoms with van der Waals surface area (Å²) in [7, 11) is 0. The molecule has 1 aromatic carbocycles. The van der Waals surface area contributed by atoms with E-state index in [1.54, 1.807) is 0 Å². The number of benzene rings is 1. The van der Waals surface area contributed by atoms with E-state index in [0.717, 1.165) is 46.7 Å². The van der Waals surface area contributed by atoms with Gasteiger partial charge >= 0.3 is 0 Å². The number of aliphatic hydroxyl groups is 1. The maximum absolute atomic E-state index is 10.5. The Balaban J connectivity index is 1.85. The largest absolute Gasteiger partial charge is 0.493 e. The number of rotatable bonds is 5. The van der Waals surface area contributed by atoms with E-state index in [1.165, 1.54) is 11.5 Å². The topological polar surface area (TPSA) is 55.2 Å². The lowest BCUT2D eigenvalue weighted by atomic mass is 10.0. The van der Waals surface area contributed by atoms with Crippen LogP contribution in [0.15, 0.2) is 12.1 Å². The van der Waals surface area contributed by atoms with Crippen LogP contribution >= 0.6 is 23.1 Å². The maximum Gasteiger partial charge on any atom is 0.126 e. The van der Waals surface area contributed by atoms with Gasteiger partial charge in [-0.2, -0.15) is 0 Å². The van der Waals surface area contributed by atoms with Crippen LogP contribution in [-0.4, -0.2) is 21.3 Å². The summed E-state index contributed by atoms with van der Waals surface area (Å²) in [5.41, 5.74) is 2.98. The highest BCUT2D eigenvalue weighted by molar-refractivity contribution is 7.05. The molecule has 0 bridgehead atoms. The molecule has 0 amide bonds. The van der Waals surface area contributed by atoms with Gasteiger partial charge in [0.2, 0.25) is 0 Å². The van der Waals surface area contributed by atoms with Crippen molar-refractivity contribution in [2.24, 2.45) is 0 Å². The second kappa shape index (κ2) is 6.30. The van der Waals surface area contributed by atoms with Gasteiger partial charge < -0.3 is 9.84 Å². The number of hydrogen-bond acceptors (Lipinski definition) is 5. The molecule has 2 aromatic rings. The number of fused-ring (bicyclic) bond motifs is 1. The van der Waals surface area contributed by atoms with Crippen molar-refractivity contribution in [1.29, 1.82) is 0 Å². The SMILES string of the molecule is CCCc1nnsc1C(O)Cc1cc(Cl)cc2c1OCC2. The van der Waals surface area contributed by atoms with Gasteiger partial charge in [0.15, 0.2) is 0 Å². The van der Waals surface area contributed by atoms with Gasteiger partial charge in [-0.3, -0.25) is 0 Å². The third kappa shape index (κ3) is 3.05. The highest BCUT2D eigenvalue weighted by Crippen LogP contribution is 2.36. The summed E-state index contributed by atoms with van der Waals surface area (Å²) in [6.45, 7) is 2.77. The smallest absolute Gasteiger partial charge is 0.126 e. The summed E-state index contributed by atoms with van der Waals surface area (Å²) in [5.74, 6) is 0.882. The molecule has 1 N–H and O–H groups in total. The second-order valence-electron chi connectivity index (χ2n) is 5.21. The van der Waals surface area contributed by atoms with E-state index in [4.69, 9.17) is 16.3 Å². The lowest BCUT2D eigenvalue weighted by Crippen LogP contribution is -2.04.